The monoisotopic (exact) mass is 230 g/mol. The summed E-state index contributed by atoms with van der Waals surface area (Å²) < 4.78 is 0. The van der Waals surface area contributed by atoms with Gasteiger partial charge in [-0.25, -0.2) is 4.98 Å². The van der Waals surface area contributed by atoms with Crippen molar-refractivity contribution < 1.29 is 10.2 Å². The first-order valence-corrected chi connectivity index (χ1v) is 5.18. The topological polar surface area (TPSA) is 56.6 Å². The molecule has 0 aliphatic carbocycles. The molecule has 1 rings (SSSR count). The Morgan fingerprint density at radius 1 is 1.27 bits per heavy atom. The fourth-order valence-corrected chi connectivity index (χ4v) is 1.55. The summed E-state index contributed by atoms with van der Waals surface area (Å²) in [5, 5.41) is 18.1. The van der Waals surface area contributed by atoms with Crippen LogP contribution in [0.2, 0.25) is 5.15 Å². The summed E-state index contributed by atoms with van der Waals surface area (Å²) in [4.78, 5) is 5.84. The van der Waals surface area contributed by atoms with Crippen LogP contribution in [0, 0.1) is 0 Å². The zero-order chi connectivity index (χ0) is 11.1. The second kappa shape index (κ2) is 6.74. The Kier molecular flexibility index (Phi) is 5.57. The van der Waals surface area contributed by atoms with Gasteiger partial charge in [0.1, 0.15) is 5.15 Å². The van der Waals surface area contributed by atoms with Crippen molar-refractivity contribution in [2.75, 3.05) is 26.3 Å². The summed E-state index contributed by atoms with van der Waals surface area (Å²) in [5.41, 5.74) is 1.02. The van der Waals surface area contributed by atoms with E-state index in [1.165, 1.54) is 0 Å². The van der Waals surface area contributed by atoms with Crippen molar-refractivity contribution in [3.8, 4) is 0 Å². The molecule has 1 heterocycles. The van der Waals surface area contributed by atoms with Gasteiger partial charge >= 0.3 is 0 Å². The van der Waals surface area contributed by atoms with Crippen LogP contribution in [-0.4, -0.2) is 46.4 Å². The van der Waals surface area contributed by atoms with Gasteiger partial charge in [-0.1, -0.05) is 11.6 Å². The number of rotatable bonds is 6. The average molecular weight is 231 g/mol. The van der Waals surface area contributed by atoms with Crippen molar-refractivity contribution in [2.45, 2.75) is 6.54 Å². The lowest BCUT2D eigenvalue weighted by atomic mass is 10.2. The summed E-state index contributed by atoms with van der Waals surface area (Å²) in [7, 11) is 0. The second-order valence-corrected chi connectivity index (χ2v) is 3.60. The minimum atomic E-state index is 0.0822. The summed E-state index contributed by atoms with van der Waals surface area (Å²) in [6.45, 7) is 1.90. The van der Waals surface area contributed by atoms with Gasteiger partial charge in [-0.3, -0.25) is 4.90 Å². The number of pyridine rings is 1. The van der Waals surface area contributed by atoms with Crippen LogP contribution in [0.15, 0.2) is 18.3 Å². The van der Waals surface area contributed by atoms with Gasteiger partial charge in [0.05, 0.1) is 13.2 Å². The van der Waals surface area contributed by atoms with Crippen molar-refractivity contribution >= 4 is 11.6 Å². The van der Waals surface area contributed by atoms with Gasteiger partial charge in [0.25, 0.3) is 0 Å². The highest BCUT2D eigenvalue weighted by molar-refractivity contribution is 6.29. The first-order valence-electron chi connectivity index (χ1n) is 4.80. The fraction of sp³-hybridized carbons (Fsp3) is 0.500. The molecule has 15 heavy (non-hydrogen) atoms. The van der Waals surface area contributed by atoms with Crippen LogP contribution in [0.5, 0.6) is 0 Å². The Bertz CT molecular complexity index is 291. The number of aliphatic hydroxyl groups excluding tert-OH is 2. The van der Waals surface area contributed by atoms with Gasteiger partial charge in [-0.05, 0) is 17.7 Å². The Morgan fingerprint density at radius 2 is 1.93 bits per heavy atom. The van der Waals surface area contributed by atoms with Crippen LogP contribution in [-0.2, 0) is 6.54 Å². The number of nitrogens with zero attached hydrogens (tertiary/aromatic N) is 2. The number of hydrogen-bond donors (Lipinski definition) is 2. The Morgan fingerprint density at radius 3 is 2.47 bits per heavy atom. The van der Waals surface area contributed by atoms with E-state index in [4.69, 9.17) is 21.8 Å². The van der Waals surface area contributed by atoms with Gasteiger partial charge in [0.15, 0.2) is 0 Å². The van der Waals surface area contributed by atoms with Crippen LogP contribution in [0.25, 0.3) is 0 Å². The molecule has 0 saturated carbocycles. The van der Waals surface area contributed by atoms with E-state index in [9.17, 15) is 0 Å². The SMILES string of the molecule is OCCN(CCO)Cc1ccnc(Cl)c1. The first-order chi connectivity index (χ1) is 7.26. The normalized spacial score (nSPS) is 10.9. The quantitative estimate of drug-likeness (QED) is 0.700. The van der Waals surface area contributed by atoms with Crippen LogP contribution in [0.1, 0.15) is 5.56 Å². The molecule has 0 atom stereocenters. The summed E-state index contributed by atoms with van der Waals surface area (Å²) >= 11 is 5.75. The molecule has 0 saturated heterocycles. The van der Waals surface area contributed by atoms with E-state index in [1.807, 2.05) is 11.0 Å². The van der Waals surface area contributed by atoms with Crippen molar-refractivity contribution in [1.29, 1.82) is 0 Å². The maximum absolute atomic E-state index is 8.83. The molecule has 0 fully saturated rings. The van der Waals surface area contributed by atoms with E-state index in [2.05, 4.69) is 4.98 Å². The first kappa shape index (κ1) is 12.4. The van der Waals surface area contributed by atoms with E-state index >= 15 is 0 Å². The molecule has 0 radical (unpaired) electrons. The third-order valence-corrected chi connectivity index (χ3v) is 2.24. The average Bonchev–Trinajstić information content (AvgIpc) is 2.18. The zero-order valence-corrected chi connectivity index (χ0v) is 9.19. The van der Waals surface area contributed by atoms with Crippen LogP contribution in [0.4, 0.5) is 0 Å². The van der Waals surface area contributed by atoms with Gasteiger partial charge in [-0.15, -0.1) is 0 Å². The number of hydrogen-bond acceptors (Lipinski definition) is 4. The molecule has 0 spiro atoms. The number of aliphatic hydroxyl groups is 2. The molecule has 4 nitrogen and oxygen atoms in total. The maximum Gasteiger partial charge on any atom is 0.129 e. The predicted molar refractivity (Wildman–Crippen MR) is 58.7 cm³/mol. The Labute approximate surface area is 94.1 Å². The Hall–Kier alpha value is -0.680. The molecular weight excluding hydrogens is 216 g/mol. The summed E-state index contributed by atoms with van der Waals surface area (Å²) in [5.74, 6) is 0. The van der Waals surface area contributed by atoms with Crippen molar-refractivity contribution in [3.05, 3.63) is 29.0 Å². The van der Waals surface area contributed by atoms with Gasteiger partial charge in [-0.2, -0.15) is 0 Å². The number of halogens is 1. The molecule has 0 amide bonds. The maximum atomic E-state index is 8.83. The highest BCUT2D eigenvalue weighted by Crippen LogP contribution is 2.09. The minimum Gasteiger partial charge on any atom is -0.395 e. The molecule has 0 aliphatic heterocycles. The molecule has 1 aromatic heterocycles. The lowest BCUT2D eigenvalue weighted by Crippen LogP contribution is -2.29. The molecule has 84 valence electrons. The summed E-state index contributed by atoms with van der Waals surface area (Å²) in [6, 6.07) is 3.65. The molecule has 0 bridgehead atoms. The highest BCUT2D eigenvalue weighted by Gasteiger charge is 2.05. The highest BCUT2D eigenvalue weighted by atomic mass is 35.5. The van der Waals surface area contributed by atoms with Crippen molar-refractivity contribution in [1.82, 2.24) is 9.88 Å². The predicted octanol–water partition coefficient (Wildman–Crippen LogP) is 0.522. The van der Waals surface area contributed by atoms with E-state index in [0.717, 1.165) is 5.56 Å². The van der Waals surface area contributed by atoms with Crippen molar-refractivity contribution in [2.24, 2.45) is 0 Å². The molecule has 0 aliphatic rings. The lowest BCUT2D eigenvalue weighted by molar-refractivity contribution is 0.156. The molecule has 0 unspecified atom stereocenters. The van der Waals surface area contributed by atoms with Gasteiger partial charge in [0.2, 0.25) is 0 Å². The molecular formula is C10H15ClN2O2. The van der Waals surface area contributed by atoms with E-state index in [0.29, 0.717) is 24.8 Å². The molecule has 2 N–H and O–H groups in total. The third kappa shape index (κ3) is 4.57. The lowest BCUT2D eigenvalue weighted by Gasteiger charge is -2.19. The van der Waals surface area contributed by atoms with E-state index < -0.39 is 0 Å². The fourth-order valence-electron chi connectivity index (χ4n) is 1.35. The van der Waals surface area contributed by atoms with Gasteiger partial charge in [0, 0.05) is 25.8 Å². The van der Waals surface area contributed by atoms with Gasteiger partial charge < -0.3 is 10.2 Å². The van der Waals surface area contributed by atoms with E-state index in [1.54, 1.807) is 12.3 Å². The third-order valence-electron chi connectivity index (χ3n) is 2.03. The molecule has 5 heteroatoms. The summed E-state index contributed by atoms with van der Waals surface area (Å²) in [6.07, 6.45) is 1.65. The molecule has 0 aromatic carbocycles. The zero-order valence-electron chi connectivity index (χ0n) is 8.43. The second-order valence-electron chi connectivity index (χ2n) is 3.21. The smallest absolute Gasteiger partial charge is 0.129 e. The Balaban J connectivity index is 2.56. The minimum absolute atomic E-state index is 0.0822. The number of aromatic nitrogens is 1. The van der Waals surface area contributed by atoms with Crippen LogP contribution < -0.4 is 0 Å². The molecule has 1 aromatic rings. The van der Waals surface area contributed by atoms with Crippen molar-refractivity contribution in [3.63, 3.8) is 0 Å². The van der Waals surface area contributed by atoms with E-state index in [-0.39, 0.29) is 13.2 Å². The largest absolute Gasteiger partial charge is 0.395 e. The van der Waals surface area contributed by atoms with Crippen LogP contribution >= 0.6 is 11.6 Å². The van der Waals surface area contributed by atoms with Crippen LogP contribution in [0.3, 0.4) is 0 Å². The standard InChI is InChI=1S/C10H15ClN2O2/c11-10-7-9(1-2-12-10)8-13(3-5-14)4-6-15/h1-2,7,14-15H,3-6,8H2.